The molecule has 0 atom stereocenters. The maximum atomic E-state index is 6.04. The maximum absolute atomic E-state index is 6.04. The molecule has 0 bridgehead atoms. The van der Waals surface area contributed by atoms with Crippen molar-refractivity contribution in [2.24, 2.45) is 0 Å². The van der Waals surface area contributed by atoms with E-state index in [1.54, 1.807) is 7.11 Å². The molecule has 4 heteroatoms. The number of nitrogens with one attached hydrogen (secondary N) is 1. The largest absolute Gasteiger partial charge is 0.497 e. The third-order valence-corrected chi connectivity index (χ3v) is 3.95. The minimum Gasteiger partial charge on any atom is -0.497 e. The van der Waals surface area contributed by atoms with E-state index in [2.05, 4.69) is 27.3 Å². The normalized spacial score (nSPS) is 14.0. The van der Waals surface area contributed by atoms with Gasteiger partial charge in [0.25, 0.3) is 0 Å². The van der Waals surface area contributed by atoms with Gasteiger partial charge in [0.1, 0.15) is 17.2 Å². The summed E-state index contributed by atoms with van der Waals surface area (Å²) in [5, 5.41) is 3.52. The Labute approximate surface area is 133 Å². The molecule has 1 fully saturated rings. The second-order valence-electron chi connectivity index (χ2n) is 5.19. The average Bonchev–Trinajstić information content (AvgIpc) is 3.31. The van der Waals surface area contributed by atoms with Gasteiger partial charge in [0, 0.05) is 28.7 Å². The Morgan fingerprint density at radius 2 is 1.95 bits per heavy atom. The fourth-order valence-corrected chi connectivity index (χ4v) is 2.44. The van der Waals surface area contributed by atoms with Crippen LogP contribution in [-0.4, -0.2) is 13.2 Å². The molecule has 0 spiro atoms. The number of benzene rings is 2. The number of methoxy groups -OCH3 is 1. The van der Waals surface area contributed by atoms with Gasteiger partial charge in [0.05, 0.1) is 7.11 Å². The predicted molar refractivity (Wildman–Crippen MR) is 87.1 cm³/mol. The summed E-state index contributed by atoms with van der Waals surface area (Å²) in [5.74, 6) is 2.44. The van der Waals surface area contributed by atoms with Crippen LogP contribution in [0.1, 0.15) is 18.4 Å². The molecule has 1 aliphatic carbocycles. The van der Waals surface area contributed by atoms with Gasteiger partial charge in [-0.3, -0.25) is 0 Å². The molecule has 0 amide bonds. The van der Waals surface area contributed by atoms with Crippen LogP contribution in [0.25, 0.3) is 0 Å². The summed E-state index contributed by atoms with van der Waals surface area (Å²) in [6, 6.07) is 14.5. The highest BCUT2D eigenvalue weighted by atomic mass is 79.9. The molecule has 1 N–H and O–H groups in total. The molecule has 2 aromatic carbocycles. The summed E-state index contributed by atoms with van der Waals surface area (Å²) in [5.41, 5.74) is 1.16. The monoisotopic (exact) mass is 347 g/mol. The van der Waals surface area contributed by atoms with Crippen molar-refractivity contribution in [3.8, 4) is 17.2 Å². The van der Waals surface area contributed by atoms with Crippen molar-refractivity contribution in [2.45, 2.75) is 25.4 Å². The summed E-state index contributed by atoms with van der Waals surface area (Å²) in [7, 11) is 1.66. The van der Waals surface area contributed by atoms with Gasteiger partial charge in [-0.05, 0) is 37.1 Å². The first-order chi connectivity index (χ1) is 10.2. The van der Waals surface area contributed by atoms with Crippen LogP contribution in [0.4, 0.5) is 0 Å². The smallest absolute Gasteiger partial charge is 0.133 e. The summed E-state index contributed by atoms with van der Waals surface area (Å²) in [6.45, 7) is 0.831. The number of rotatable bonds is 6. The van der Waals surface area contributed by atoms with Crippen LogP contribution in [0.15, 0.2) is 46.9 Å². The molecule has 0 unspecified atom stereocenters. The Balaban J connectivity index is 1.79. The highest BCUT2D eigenvalue weighted by Crippen LogP contribution is 2.31. The van der Waals surface area contributed by atoms with Crippen LogP contribution in [0.3, 0.4) is 0 Å². The van der Waals surface area contributed by atoms with E-state index >= 15 is 0 Å². The topological polar surface area (TPSA) is 30.5 Å². The van der Waals surface area contributed by atoms with E-state index in [-0.39, 0.29) is 0 Å². The van der Waals surface area contributed by atoms with Gasteiger partial charge in [0.15, 0.2) is 0 Å². The van der Waals surface area contributed by atoms with Gasteiger partial charge in [-0.25, -0.2) is 0 Å². The average molecular weight is 348 g/mol. The quantitative estimate of drug-likeness (QED) is 0.834. The molecular weight excluding hydrogens is 330 g/mol. The highest BCUT2D eigenvalue weighted by molar-refractivity contribution is 9.10. The van der Waals surface area contributed by atoms with Crippen molar-refractivity contribution in [1.29, 1.82) is 0 Å². The lowest BCUT2D eigenvalue weighted by atomic mass is 10.2. The van der Waals surface area contributed by atoms with Crippen molar-refractivity contribution in [2.75, 3.05) is 7.11 Å². The molecule has 0 aromatic heterocycles. The van der Waals surface area contributed by atoms with E-state index in [9.17, 15) is 0 Å². The van der Waals surface area contributed by atoms with E-state index in [1.807, 2.05) is 36.4 Å². The van der Waals surface area contributed by atoms with Crippen LogP contribution in [0.5, 0.6) is 17.2 Å². The second-order valence-corrected chi connectivity index (χ2v) is 6.10. The molecule has 2 aromatic rings. The van der Waals surface area contributed by atoms with E-state index in [0.717, 1.165) is 33.8 Å². The van der Waals surface area contributed by atoms with E-state index in [1.165, 1.54) is 12.8 Å². The molecule has 3 rings (SSSR count). The SMILES string of the molecule is COc1cccc(Oc2cc(Br)ccc2CNC2CC2)c1. The lowest BCUT2D eigenvalue weighted by Gasteiger charge is -2.13. The summed E-state index contributed by atoms with van der Waals surface area (Å²) in [6.07, 6.45) is 2.56. The number of hydrogen-bond donors (Lipinski definition) is 1. The molecule has 110 valence electrons. The third-order valence-electron chi connectivity index (χ3n) is 3.46. The zero-order valence-electron chi connectivity index (χ0n) is 11.9. The van der Waals surface area contributed by atoms with Gasteiger partial charge in [0.2, 0.25) is 0 Å². The second kappa shape index (κ2) is 6.50. The Morgan fingerprint density at radius 3 is 2.71 bits per heavy atom. The molecule has 1 aliphatic rings. The summed E-state index contributed by atoms with van der Waals surface area (Å²) < 4.78 is 12.3. The molecular formula is C17H18BrNO2. The Kier molecular flexibility index (Phi) is 4.46. The number of halogens is 1. The van der Waals surface area contributed by atoms with E-state index < -0.39 is 0 Å². The van der Waals surface area contributed by atoms with Gasteiger partial charge in [-0.2, -0.15) is 0 Å². The Hall–Kier alpha value is -1.52. The van der Waals surface area contributed by atoms with Gasteiger partial charge < -0.3 is 14.8 Å². The Morgan fingerprint density at radius 1 is 1.14 bits per heavy atom. The first-order valence-electron chi connectivity index (χ1n) is 7.08. The standard InChI is InChI=1S/C17H18BrNO2/c1-20-15-3-2-4-16(10-15)21-17-9-13(18)6-5-12(17)11-19-14-7-8-14/h2-6,9-10,14,19H,7-8,11H2,1H3. The number of ether oxygens (including phenoxy) is 2. The van der Waals surface area contributed by atoms with Gasteiger partial charge >= 0.3 is 0 Å². The maximum Gasteiger partial charge on any atom is 0.133 e. The zero-order chi connectivity index (χ0) is 14.7. The van der Waals surface area contributed by atoms with E-state index in [4.69, 9.17) is 9.47 Å². The predicted octanol–water partition coefficient (Wildman–Crippen LogP) is 4.50. The third kappa shape index (κ3) is 3.99. The summed E-state index contributed by atoms with van der Waals surface area (Å²) in [4.78, 5) is 0. The van der Waals surface area contributed by atoms with Crippen molar-refractivity contribution in [3.05, 3.63) is 52.5 Å². The molecule has 0 saturated heterocycles. The molecule has 1 saturated carbocycles. The van der Waals surface area contributed by atoms with Crippen molar-refractivity contribution < 1.29 is 9.47 Å². The van der Waals surface area contributed by atoms with Crippen LogP contribution < -0.4 is 14.8 Å². The lowest BCUT2D eigenvalue weighted by molar-refractivity contribution is 0.408. The fourth-order valence-electron chi connectivity index (χ4n) is 2.10. The van der Waals surface area contributed by atoms with Crippen molar-refractivity contribution in [1.82, 2.24) is 5.32 Å². The Bertz CT molecular complexity index is 626. The first-order valence-corrected chi connectivity index (χ1v) is 7.87. The molecule has 0 aliphatic heterocycles. The minimum absolute atomic E-state index is 0.679. The van der Waals surface area contributed by atoms with Crippen LogP contribution in [-0.2, 0) is 6.54 Å². The number of hydrogen-bond acceptors (Lipinski definition) is 3. The fraction of sp³-hybridized carbons (Fsp3) is 0.294. The van der Waals surface area contributed by atoms with Crippen LogP contribution in [0, 0.1) is 0 Å². The zero-order valence-corrected chi connectivity index (χ0v) is 13.5. The van der Waals surface area contributed by atoms with E-state index in [0.29, 0.717) is 6.04 Å². The first kappa shape index (κ1) is 14.4. The molecule has 0 heterocycles. The van der Waals surface area contributed by atoms with Crippen LogP contribution in [0.2, 0.25) is 0 Å². The summed E-state index contributed by atoms with van der Waals surface area (Å²) >= 11 is 3.51. The molecule has 21 heavy (non-hydrogen) atoms. The molecule has 0 radical (unpaired) electrons. The lowest BCUT2D eigenvalue weighted by Crippen LogP contribution is -2.15. The molecule has 3 nitrogen and oxygen atoms in total. The van der Waals surface area contributed by atoms with Gasteiger partial charge in [-0.15, -0.1) is 0 Å². The highest BCUT2D eigenvalue weighted by Gasteiger charge is 2.20. The minimum atomic E-state index is 0.679. The van der Waals surface area contributed by atoms with Crippen molar-refractivity contribution in [3.63, 3.8) is 0 Å². The van der Waals surface area contributed by atoms with Crippen molar-refractivity contribution >= 4 is 15.9 Å². The van der Waals surface area contributed by atoms with Crippen LogP contribution >= 0.6 is 15.9 Å². The van der Waals surface area contributed by atoms with Gasteiger partial charge in [-0.1, -0.05) is 28.1 Å².